The molecule has 0 saturated carbocycles. The molecule has 1 rings (SSSR count). The van der Waals surface area contributed by atoms with E-state index in [1.165, 1.54) is 19.2 Å². The van der Waals surface area contributed by atoms with Gasteiger partial charge in [0.2, 0.25) is 0 Å². The predicted octanol–water partition coefficient (Wildman–Crippen LogP) is 5.63. The zero-order chi connectivity index (χ0) is 30.1. The molecular formula is C29H45NO10. The van der Waals surface area contributed by atoms with E-state index in [4.69, 9.17) is 34.2 Å². The van der Waals surface area contributed by atoms with Crippen molar-refractivity contribution in [2.75, 3.05) is 13.7 Å². The molecule has 3 atom stereocenters. The zero-order valence-corrected chi connectivity index (χ0v) is 24.6. The van der Waals surface area contributed by atoms with E-state index < -0.39 is 23.8 Å². The van der Waals surface area contributed by atoms with Crippen molar-refractivity contribution in [2.24, 2.45) is 5.73 Å². The van der Waals surface area contributed by atoms with E-state index in [1.807, 2.05) is 20.8 Å². The third-order valence-corrected chi connectivity index (χ3v) is 6.04. The molecule has 0 fully saturated rings. The number of rotatable bonds is 17. The molecule has 0 aromatic heterocycles. The maximum atomic E-state index is 12.6. The summed E-state index contributed by atoms with van der Waals surface area (Å²) in [6, 6.07) is 4.39. The number of esters is 2. The molecule has 0 aliphatic heterocycles. The van der Waals surface area contributed by atoms with Gasteiger partial charge in [-0.3, -0.25) is 9.59 Å². The summed E-state index contributed by atoms with van der Waals surface area (Å²) < 4.78 is 31.4. The van der Waals surface area contributed by atoms with Gasteiger partial charge < -0.3 is 34.2 Å². The molecule has 1 aromatic rings. The van der Waals surface area contributed by atoms with E-state index in [0.717, 1.165) is 19.3 Å². The van der Waals surface area contributed by atoms with Crippen LogP contribution in [0.1, 0.15) is 91.5 Å². The van der Waals surface area contributed by atoms with Gasteiger partial charge in [-0.05, 0) is 50.8 Å². The van der Waals surface area contributed by atoms with Crippen molar-refractivity contribution in [3.8, 4) is 11.5 Å². The summed E-state index contributed by atoms with van der Waals surface area (Å²) in [6.07, 6.45) is 1.98. The van der Waals surface area contributed by atoms with Crippen molar-refractivity contribution in [1.29, 1.82) is 0 Å². The fourth-order valence-corrected chi connectivity index (χ4v) is 3.88. The average Bonchev–Trinajstić information content (AvgIpc) is 2.88. The molecule has 0 radical (unpaired) electrons. The molecule has 0 amide bonds. The van der Waals surface area contributed by atoms with Crippen LogP contribution in [0.2, 0.25) is 0 Å². The maximum absolute atomic E-state index is 12.6. The Bertz CT molecular complexity index is 966. The highest BCUT2D eigenvalue weighted by Crippen LogP contribution is 2.31. The van der Waals surface area contributed by atoms with Gasteiger partial charge in [0, 0.05) is 19.3 Å². The van der Waals surface area contributed by atoms with Gasteiger partial charge in [-0.2, -0.15) is 0 Å². The van der Waals surface area contributed by atoms with Crippen LogP contribution >= 0.6 is 0 Å². The van der Waals surface area contributed by atoms with Crippen molar-refractivity contribution in [1.82, 2.24) is 0 Å². The summed E-state index contributed by atoms with van der Waals surface area (Å²) in [4.78, 5) is 49.3. The first-order chi connectivity index (χ1) is 19.0. The Morgan fingerprint density at radius 3 is 1.98 bits per heavy atom. The minimum absolute atomic E-state index is 0.00972. The van der Waals surface area contributed by atoms with E-state index >= 15 is 0 Å². The second kappa shape index (κ2) is 18.1. The number of hydrogen-bond acceptors (Lipinski definition) is 11. The predicted molar refractivity (Wildman–Crippen MR) is 147 cm³/mol. The molecule has 0 aliphatic rings. The summed E-state index contributed by atoms with van der Waals surface area (Å²) in [7, 11) is 1.21. The van der Waals surface area contributed by atoms with Gasteiger partial charge in [-0.25, -0.2) is 9.59 Å². The van der Waals surface area contributed by atoms with Crippen molar-refractivity contribution < 1.29 is 47.6 Å². The zero-order valence-electron chi connectivity index (χ0n) is 24.6. The summed E-state index contributed by atoms with van der Waals surface area (Å²) >= 11 is 0. The third kappa shape index (κ3) is 12.7. The first-order valence-corrected chi connectivity index (χ1v) is 13.9. The minimum Gasteiger partial charge on any atom is -0.468 e. The van der Waals surface area contributed by atoms with Crippen LogP contribution in [-0.4, -0.2) is 55.7 Å². The van der Waals surface area contributed by atoms with Crippen LogP contribution in [0, 0.1) is 0 Å². The lowest BCUT2D eigenvalue weighted by molar-refractivity contribution is -0.151. The Morgan fingerprint density at radius 2 is 1.45 bits per heavy atom. The molecule has 0 spiro atoms. The number of ether oxygens (including phenoxy) is 6. The molecule has 0 heterocycles. The molecule has 2 N–H and O–H groups in total. The number of nitrogens with two attached hydrogens (primary N) is 1. The van der Waals surface area contributed by atoms with Crippen LogP contribution in [0.5, 0.6) is 11.5 Å². The number of methoxy groups -OCH3 is 1. The fourth-order valence-electron chi connectivity index (χ4n) is 3.88. The average molecular weight is 568 g/mol. The first-order valence-electron chi connectivity index (χ1n) is 13.9. The van der Waals surface area contributed by atoms with Crippen molar-refractivity contribution >= 4 is 24.2 Å². The van der Waals surface area contributed by atoms with Crippen LogP contribution in [0.4, 0.5) is 9.59 Å². The molecule has 0 bridgehead atoms. The number of unbranched alkanes of at least 4 members (excludes halogenated alkanes) is 1. The molecule has 1 unspecified atom stereocenters. The summed E-state index contributed by atoms with van der Waals surface area (Å²) in [6.45, 7) is 9.28. The van der Waals surface area contributed by atoms with E-state index in [-0.39, 0.29) is 55.5 Å². The highest BCUT2D eigenvalue weighted by Gasteiger charge is 2.36. The van der Waals surface area contributed by atoms with Crippen LogP contribution in [0.15, 0.2) is 18.2 Å². The molecule has 0 saturated heterocycles. The topological polar surface area (TPSA) is 150 Å². The molecule has 11 heteroatoms. The Balaban J connectivity index is 3.17. The van der Waals surface area contributed by atoms with E-state index in [0.29, 0.717) is 24.8 Å². The second-order valence-corrected chi connectivity index (χ2v) is 9.82. The normalized spacial score (nSPS) is 13.8. The third-order valence-electron chi connectivity index (χ3n) is 6.04. The molecular weight excluding hydrogens is 522 g/mol. The monoisotopic (exact) mass is 567 g/mol. The lowest BCUT2D eigenvalue weighted by atomic mass is 9.88. The van der Waals surface area contributed by atoms with E-state index in [9.17, 15) is 19.2 Å². The van der Waals surface area contributed by atoms with Gasteiger partial charge in [0.25, 0.3) is 0 Å². The van der Waals surface area contributed by atoms with Crippen molar-refractivity contribution in [3.05, 3.63) is 23.8 Å². The Kier molecular flexibility index (Phi) is 15.7. The van der Waals surface area contributed by atoms with E-state index in [2.05, 4.69) is 0 Å². The Morgan fingerprint density at radius 1 is 0.875 bits per heavy atom. The van der Waals surface area contributed by atoms with Gasteiger partial charge in [-0.15, -0.1) is 0 Å². The molecule has 11 nitrogen and oxygen atoms in total. The number of carbonyl (C=O) groups is 4. The molecule has 0 aliphatic carbocycles. The van der Waals surface area contributed by atoms with Gasteiger partial charge in [0.05, 0.1) is 13.7 Å². The van der Waals surface area contributed by atoms with Gasteiger partial charge in [-0.1, -0.05) is 46.1 Å². The number of carbonyl (C=O) groups excluding carboxylic acids is 4. The molecule has 226 valence electrons. The SMILES string of the molecule is CCCCC(=O)OCC[C@@](N)(Cc1ccc(OC(=O)O[C@@H](C)CCC)c(OC(=O)OC(C)CCC)c1)C(=O)OC. The highest BCUT2D eigenvalue weighted by molar-refractivity contribution is 5.81. The standard InChI is InChI=1S/C29H45NO10/c1-7-10-13-25(31)36-17-16-29(30,26(32)35-6)19-22-14-15-23(39-27(33)37-20(4)11-8-2)24(18-22)40-28(34)38-21(5)12-9-3/h14-15,18,20-21H,7-13,16-17,19,30H2,1-6H3/t20-,21?,29+/m0/s1. The summed E-state index contributed by atoms with van der Waals surface area (Å²) in [5, 5.41) is 0. The number of benzene rings is 1. The Hall–Kier alpha value is -3.34. The van der Waals surface area contributed by atoms with Crippen LogP contribution in [0.25, 0.3) is 0 Å². The molecule has 40 heavy (non-hydrogen) atoms. The van der Waals surface area contributed by atoms with Gasteiger partial charge in [0.1, 0.15) is 17.7 Å². The fraction of sp³-hybridized carbons (Fsp3) is 0.655. The maximum Gasteiger partial charge on any atom is 0.514 e. The van der Waals surface area contributed by atoms with Crippen molar-refractivity contribution in [3.63, 3.8) is 0 Å². The van der Waals surface area contributed by atoms with Crippen LogP contribution in [-0.2, 0) is 35.0 Å². The summed E-state index contributed by atoms with van der Waals surface area (Å²) in [5.41, 5.74) is 5.34. The van der Waals surface area contributed by atoms with E-state index in [1.54, 1.807) is 19.9 Å². The first kappa shape index (κ1) is 34.7. The lowest BCUT2D eigenvalue weighted by Gasteiger charge is -2.27. The summed E-state index contributed by atoms with van der Waals surface area (Å²) in [5.74, 6) is -1.28. The van der Waals surface area contributed by atoms with Gasteiger partial charge >= 0.3 is 24.2 Å². The smallest absolute Gasteiger partial charge is 0.468 e. The van der Waals surface area contributed by atoms with Crippen LogP contribution in [0.3, 0.4) is 0 Å². The van der Waals surface area contributed by atoms with Crippen LogP contribution < -0.4 is 15.2 Å². The second-order valence-electron chi connectivity index (χ2n) is 9.82. The van der Waals surface area contributed by atoms with Gasteiger partial charge in [0.15, 0.2) is 11.5 Å². The number of hydrogen-bond donors (Lipinski definition) is 1. The highest BCUT2D eigenvalue weighted by atomic mass is 16.7. The Labute approximate surface area is 236 Å². The molecule has 1 aromatic carbocycles. The quantitative estimate of drug-likeness (QED) is 0.142. The van der Waals surface area contributed by atoms with Crippen molar-refractivity contribution in [2.45, 2.75) is 110 Å². The largest absolute Gasteiger partial charge is 0.514 e. The lowest BCUT2D eigenvalue weighted by Crippen LogP contribution is -2.51. The minimum atomic E-state index is -1.55.